The Hall–Kier alpha value is -0.830. The molecule has 0 atom stereocenters. The maximum atomic E-state index is 10.9. The predicted molar refractivity (Wildman–Crippen MR) is 42.1 cm³/mol. The fourth-order valence-corrected chi connectivity index (χ4v) is 0.683. The van der Waals surface area contributed by atoms with E-state index in [1.54, 1.807) is 13.0 Å². The van der Waals surface area contributed by atoms with Crippen LogP contribution in [-0.4, -0.2) is 24.3 Å². The van der Waals surface area contributed by atoms with E-state index in [-0.39, 0.29) is 6.61 Å². The molecule has 0 saturated heterocycles. The van der Waals surface area contributed by atoms with Gasteiger partial charge in [0.05, 0.1) is 18.8 Å². The summed E-state index contributed by atoms with van der Waals surface area (Å²) in [5.74, 6) is -0.420. The summed E-state index contributed by atoms with van der Waals surface area (Å²) < 4.78 is 4.68. The fourth-order valence-electron chi connectivity index (χ4n) is 0.683. The number of esters is 1. The number of aliphatic hydroxyl groups excluding tert-OH is 1. The highest BCUT2D eigenvalue weighted by Gasteiger charge is 2.06. The lowest BCUT2D eigenvalue weighted by molar-refractivity contribution is -0.139. The summed E-state index contributed by atoms with van der Waals surface area (Å²) in [6, 6.07) is 0. The summed E-state index contributed by atoms with van der Waals surface area (Å²) in [7, 11) is 0. The van der Waals surface area contributed by atoms with Crippen LogP contribution in [0.5, 0.6) is 0 Å². The Morgan fingerprint density at radius 1 is 1.55 bits per heavy atom. The van der Waals surface area contributed by atoms with Gasteiger partial charge in [-0.05, 0) is 13.3 Å². The highest BCUT2D eigenvalue weighted by atomic mass is 16.5. The van der Waals surface area contributed by atoms with E-state index in [0.717, 1.165) is 6.42 Å². The van der Waals surface area contributed by atoms with Gasteiger partial charge in [-0.3, -0.25) is 0 Å². The minimum atomic E-state index is -0.420. The Labute approximate surface area is 66.7 Å². The number of aliphatic hydroxyl groups is 1. The molecule has 0 aromatic rings. The second-order valence-corrected chi connectivity index (χ2v) is 2.02. The van der Waals surface area contributed by atoms with Crippen molar-refractivity contribution in [3.05, 3.63) is 11.6 Å². The van der Waals surface area contributed by atoms with Gasteiger partial charge >= 0.3 is 5.97 Å². The normalized spacial score (nSPS) is 11.4. The highest BCUT2D eigenvalue weighted by molar-refractivity contribution is 5.88. The van der Waals surface area contributed by atoms with Gasteiger partial charge in [-0.25, -0.2) is 4.79 Å². The molecule has 0 heterocycles. The third kappa shape index (κ3) is 3.78. The fraction of sp³-hybridized carbons (Fsp3) is 0.625. The lowest BCUT2D eigenvalue weighted by Gasteiger charge is -2.02. The van der Waals surface area contributed by atoms with Crippen molar-refractivity contribution in [2.24, 2.45) is 0 Å². The lowest BCUT2D eigenvalue weighted by Crippen LogP contribution is -2.10. The third-order valence-electron chi connectivity index (χ3n) is 1.16. The van der Waals surface area contributed by atoms with Crippen LogP contribution in [0.25, 0.3) is 0 Å². The Morgan fingerprint density at radius 3 is 2.55 bits per heavy atom. The largest absolute Gasteiger partial charge is 0.463 e. The zero-order valence-electron chi connectivity index (χ0n) is 6.96. The van der Waals surface area contributed by atoms with Crippen LogP contribution in [-0.2, 0) is 9.53 Å². The van der Waals surface area contributed by atoms with Gasteiger partial charge in [0.25, 0.3) is 0 Å². The van der Waals surface area contributed by atoms with E-state index < -0.39 is 5.97 Å². The summed E-state index contributed by atoms with van der Waals surface area (Å²) in [6.45, 7) is 3.74. The van der Waals surface area contributed by atoms with E-state index in [0.29, 0.717) is 12.2 Å². The van der Waals surface area contributed by atoms with Crippen LogP contribution in [0.4, 0.5) is 0 Å². The minimum absolute atomic E-state index is 0.243. The van der Waals surface area contributed by atoms with Gasteiger partial charge < -0.3 is 9.84 Å². The number of ether oxygens (including phenoxy) is 1. The van der Waals surface area contributed by atoms with Gasteiger partial charge in [0.15, 0.2) is 0 Å². The second-order valence-electron chi connectivity index (χ2n) is 2.02. The van der Waals surface area contributed by atoms with Crippen LogP contribution in [0.3, 0.4) is 0 Å². The van der Waals surface area contributed by atoms with Crippen LogP contribution in [0.1, 0.15) is 20.3 Å². The molecule has 0 saturated carbocycles. The molecule has 0 aliphatic carbocycles. The van der Waals surface area contributed by atoms with Crippen LogP contribution >= 0.6 is 0 Å². The average molecular weight is 158 g/mol. The first-order valence-corrected chi connectivity index (χ1v) is 3.73. The lowest BCUT2D eigenvalue weighted by atomic mass is 10.2. The highest BCUT2D eigenvalue weighted by Crippen LogP contribution is 1.98. The number of carbonyl (C=O) groups is 1. The zero-order chi connectivity index (χ0) is 8.69. The molecule has 0 aliphatic rings. The molecule has 0 aliphatic heterocycles. The standard InChI is InChI=1S/C8H14O3/c1-3-5-7(6-9)8(10)11-4-2/h5,9H,3-4,6H2,1-2H3/b7-5+. The molecule has 0 radical (unpaired) electrons. The summed E-state index contributed by atoms with van der Waals surface area (Å²) in [5, 5.41) is 8.69. The SMILES string of the molecule is CC/C=C(\CO)C(=O)OCC. The Bertz CT molecular complexity index is 149. The van der Waals surface area contributed by atoms with Crippen LogP contribution in [0.15, 0.2) is 11.6 Å². The third-order valence-corrected chi connectivity index (χ3v) is 1.16. The minimum Gasteiger partial charge on any atom is -0.463 e. The van der Waals surface area contributed by atoms with Crippen LogP contribution < -0.4 is 0 Å². The van der Waals surface area contributed by atoms with Crippen molar-refractivity contribution in [1.29, 1.82) is 0 Å². The molecule has 0 spiro atoms. The van der Waals surface area contributed by atoms with Crippen molar-refractivity contribution in [2.45, 2.75) is 20.3 Å². The van der Waals surface area contributed by atoms with E-state index in [4.69, 9.17) is 5.11 Å². The van der Waals surface area contributed by atoms with Crippen molar-refractivity contribution >= 4 is 5.97 Å². The smallest absolute Gasteiger partial charge is 0.336 e. The van der Waals surface area contributed by atoms with Crippen LogP contribution in [0, 0.1) is 0 Å². The van der Waals surface area contributed by atoms with Gasteiger partial charge in [0.1, 0.15) is 0 Å². The molecule has 0 fully saturated rings. The molecular formula is C8H14O3. The number of rotatable bonds is 4. The van der Waals surface area contributed by atoms with Crippen molar-refractivity contribution in [3.63, 3.8) is 0 Å². The molecule has 1 N–H and O–H groups in total. The molecule has 64 valence electrons. The number of hydrogen-bond acceptors (Lipinski definition) is 3. The monoisotopic (exact) mass is 158 g/mol. The van der Waals surface area contributed by atoms with E-state index in [2.05, 4.69) is 4.74 Å². The van der Waals surface area contributed by atoms with E-state index >= 15 is 0 Å². The first-order chi connectivity index (χ1) is 5.26. The summed E-state index contributed by atoms with van der Waals surface area (Å²) in [6.07, 6.45) is 2.40. The number of hydrogen-bond donors (Lipinski definition) is 1. The molecule has 0 aromatic heterocycles. The number of carbonyl (C=O) groups excluding carboxylic acids is 1. The Balaban J connectivity index is 4.03. The summed E-state index contributed by atoms with van der Waals surface area (Å²) >= 11 is 0. The van der Waals surface area contributed by atoms with Gasteiger partial charge in [-0.2, -0.15) is 0 Å². The van der Waals surface area contributed by atoms with Crippen molar-refractivity contribution < 1.29 is 14.6 Å². The van der Waals surface area contributed by atoms with Gasteiger partial charge in [0.2, 0.25) is 0 Å². The molecule has 0 bridgehead atoms. The molecule has 0 amide bonds. The number of allylic oxidation sites excluding steroid dienone is 1. The maximum Gasteiger partial charge on any atom is 0.336 e. The Kier molecular flexibility index (Phi) is 5.47. The molecule has 11 heavy (non-hydrogen) atoms. The molecule has 3 nitrogen and oxygen atoms in total. The van der Waals surface area contributed by atoms with Gasteiger partial charge in [0, 0.05) is 0 Å². The summed E-state index contributed by atoms with van der Waals surface area (Å²) in [4.78, 5) is 10.9. The molecule has 3 heteroatoms. The van der Waals surface area contributed by atoms with E-state index in [9.17, 15) is 4.79 Å². The Morgan fingerprint density at radius 2 is 2.18 bits per heavy atom. The van der Waals surface area contributed by atoms with Crippen molar-refractivity contribution in [3.8, 4) is 0 Å². The average Bonchev–Trinajstić information content (AvgIpc) is 2.00. The molecular weight excluding hydrogens is 144 g/mol. The van der Waals surface area contributed by atoms with Crippen molar-refractivity contribution in [2.75, 3.05) is 13.2 Å². The topological polar surface area (TPSA) is 46.5 Å². The maximum absolute atomic E-state index is 10.9. The summed E-state index contributed by atoms with van der Waals surface area (Å²) in [5.41, 5.74) is 0.342. The van der Waals surface area contributed by atoms with Crippen molar-refractivity contribution in [1.82, 2.24) is 0 Å². The predicted octanol–water partition coefficient (Wildman–Crippen LogP) is 0.878. The van der Waals surface area contributed by atoms with E-state index in [1.807, 2.05) is 6.92 Å². The quantitative estimate of drug-likeness (QED) is 0.488. The second kappa shape index (κ2) is 5.92. The van der Waals surface area contributed by atoms with Gasteiger partial charge in [-0.1, -0.05) is 13.0 Å². The molecule has 0 aromatic carbocycles. The zero-order valence-corrected chi connectivity index (χ0v) is 6.96. The van der Waals surface area contributed by atoms with Crippen LogP contribution in [0.2, 0.25) is 0 Å². The van der Waals surface area contributed by atoms with Gasteiger partial charge in [-0.15, -0.1) is 0 Å². The molecule has 0 rings (SSSR count). The molecule has 0 unspecified atom stereocenters. The van der Waals surface area contributed by atoms with E-state index in [1.165, 1.54) is 0 Å². The first-order valence-electron chi connectivity index (χ1n) is 3.73. The first kappa shape index (κ1) is 10.2.